The van der Waals surface area contributed by atoms with Crippen LogP contribution < -0.4 is 10.6 Å². The average Bonchev–Trinajstić information content (AvgIpc) is 3.34. The molecule has 2 aromatic heterocycles. The number of benzene rings is 1. The summed E-state index contributed by atoms with van der Waals surface area (Å²) in [6.07, 6.45) is 5.09. The van der Waals surface area contributed by atoms with E-state index in [9.17, 15) is 18.4 Å². The van der Waals surface area contributed by atoms with Crippen LogP contribution in [-0.2, 0) is 20.1 Å². The van der Waals surface area contributed by atoms with Crippen molar-refractivity contribution >= 4 is 29.3 Å². The molecule has 0 aliphatic carbocycles. The number of aryl methyl sites for hydroxylation is 1. The Morgan fingerprint density at radius 3 is 2.60 bits per heavy atom. The molecule has 0 bridgehead atoms. The number of rotatable bonds is 7. The highest BCUT2D eigenvalue weighted by Crippen LogP contribution is 2.21. The quantitative estimate of drug-likeness (QED) is 0.558. The van der Waals surface area contributed by atoms with Gasteiger partial charge in [-0.1, -0.05) is 11.8 Å². The number of hydrogen-bond donors (Lipinski definition) is 2. The van der Waals surface area contributed by atoms with Crippen molar-refractivity contribution < 1.29 is 18.4 Å². The summed E-state index contributed by atoms with van der Waals surface area (Å²) in [5, 5.41) is 9.70. The van der Waals surface area contributed by atoms with Crippen LogP contribution in [0.15, 0.2) is 35.7 Å². The SMILES string of the molecule is CCn1ccc(C(=O)Nc2cc(C(=O)NCc3cnc(SC)n3C)c(F)cc2F)n1. The van der Waals surface area contributed by atoms with E-state index >= 15 is 0 Å². The van der Waals surface area contributed by atoms with E-state index in [1.807, 2.05) is 13.2 Å². The highest BCUT2D eigenvalue weighted by atomic mass is 32.2. The molecule has 3 rings (SSSR count). The fourth-order valence-electron chi connectivity index (χ4n) is 2.71. The second-order valence-electron chi connectivity index (χ2n) is 6.30. The summed E-state index contributed by atoms with van der Waals surface area (Å²) in [7, 11) is 1.80. The molecule has 2 heterocycles. The van der Waals surface area contributed by atoms with E-state index in [1.165, 1.54) is 22.5 Å². The first-order valence-corrected chi connectivity index (χ1v) is 10.2. The predicted octanol–water partition coefficient (Wildman–Crippen LogP) is 2.82. The van der Waals surface area contributed by atoms with Gasteiger partial charge in [0.1, 0.15) is 11.6 Å². The van der Waals surface area contributed by atoms with Crippen molar-refractivity contribution in [1.29, 1.82) is 0 Å². The third kappa shape index (κ3) is 4.51. The van der Waals surface area contributed by atoms with E-state index in [0.717, 1.165) is 16.9 Å². The van der Waals surface area contributed by atoms with Crippen molar-refractivity contribution in [2.24, 2.45) is 7.05 Å². The number of nitrogens with zero attached hydrogens (tertiary/aromatic N) is 4. The molecule has 0 unspecified atom stereocenters. The van der Waals surface area contributed by atoms with Crippen molar-refractivity contribution in [2.75, 3.05) is 11.6 Å². The zero-order chi connectivity index (χ0) is 21.8. The van der Waals surface area contributed by atoms with Crippen molar-refractivity contribution in [3.05, 3.63) is 59.2 Å². The lowest BCUT2D eigenvalue weighted by Crippen LogP contribution is -2.25. The molecule has 11 heteroatoms. The summed E-state index contributed by atoms with van der Waals surface area (Å²) in [6, 6.07) is 3.00. The minimum atomic E-state index is -1.03. The first-order chi connectivity index (χ1) is 14.3. The van der Waals surface area contributed by atoms with Gasteiger partial charge in [-0.15, -0.1) is 0 Å². The maximum Gasteiger partial charge on any atom is 0.276 e. The monoisotopic (exact) mass is 434 g/mol. The number of anilines is 1. The van der Waals surface area contributed by atoms with Crippen LogP contribution in [-0.4, -0.2) is 37.4 Å². The van der Waals surface area contributed by atoms with Crippen molar-refractivity contribution in [3.63, 3.8) is 0 Å². The smallest absolute Gasteiger partial charge is 0.276 e. The van der Waals surface area contributed by atoms with E-state index in [0.29, 0.717) is 12.6 Å². The summed E-state index contributed by atoms with van der Waals surface area (Å²) in [5.41, 5.74) is 0.0866. The average molecular weight is 434 g/mol. The number of nitrogens with one attached hydrogen (secondary N) is 2. The van der Waals surface area contributed by atoms with Crippen LogP contribution in [0, 0.1) is 11.6 Å². The molecule has 0 saturated heterocycles. The molecular formula is C19H20F2N6O2S. The molecule has 158 valence electrons. The van der Waals surface area contributed by atoms with Gasteiger partial charge in [-0.3, -0.25) is 14.3 Å². The number of halogens is 2. The second kappa shape index (κ2) is 9.08. The van der Waals surface area contributed by atoms with Crippen molar-refractivity contribution in [2.45, 2.75) is 25.2 Å². The fourth-order valence-corrected chi connectivity index (χ4v) is 3.26. The number of carbonyl (C=O) groups excluding carboxylic acids is 2. The van der Waals surface area contributed by atoms with Gasteiger partial charge in [-0.05, 0) is 25.3 Å². The van der Waals surface area contributed by atoms with Gasteiger partial charge in [0, 0.05) is 25.9 Å². The Morgan fingerprint density at radius 1 is 1.20 bits per heavy atom. The molecule has 0 spiro atoms. The summed E-state index contributed by atoms with van der Waals surface area (Å²) in [4.78, 5) is 28.9. The van der Waals surface area contributed by atoms with Gasteiger partial charge >= 0.3 is 0 Å². The Labute approximate surface area is 175 Å². The summed E-state index contributed by atoms with van der Waals surface area (Å²) < 4.78 is 31.7. The molecule has 0 saturated carbocycles. The lowest BCUT2D eigenvalue weighted by atomic mass is 10.1. The maximum atomic E-state index is 14.2. The molecule has 0 aliphatic rings. The van der Waals surface area contributed by atoms with Gasteiger partial charge in [0.25, 0.3) is 11.8 Å². The van der Waals surface area contributed by atoms with E-state index in [-0.39, 0.29) is 17.9 Å². The molecule has 3 aromatic rings. The zero-order valence-corrected chi connectivity index (χ0v) is 17.4. The van der Waals surface area contributed by atoms with Gasteiger partial charge in [0.05, 0.1) is 29.7 Å². The molecule has 0 radical (unpaired) electrons. The Hall–Kier alpha value is -3.21. The van der Waals surface area contributed by atoms with Crippen LogP contribution in [0.2, 0.25) is 0 Å². The molecule has 1 aromatic carbocycles. The van der Waals surface area contributed by atoms with Crippen LogP contribution in [0.25, 0.3) is 0 Å². The number of thioether (sulfide) groups is 1. The number of carbonyl (C=O) groups is 2. The predicted molar refractivity (Wildman–Crippen MR) is 108 cm³/mol. The standard InChI is InChI=1S/C19H20F2N6O2S/c1-4-27-6-5-15(25-27)18(29)24-16-7-12(13(20)8-14(16)21)17(28)22-9-11-10-23-19(30-3)26(11)2/h5-8,10H,4,9H2,1-3H3,(H,22,28)(H,24,29). The second-order valence-corrected chi connectivity index (χ2v) is 7.07. The van der Waals surface area contributed by atoms with E-state index in [1.54, 1.807) is 24.0 Å². The summed E-state index contributed by atoms with van der Waals surface area (Å²) in [6.45, 7) is 2.53. The Bertz CT molecular complexity index is 1090. The first-order valence-electron chi connectivity index (χ1n) is 9.00. The van der Waals surface area contributed by atoms with Gasteiger partial charge in [0.2, 0.25) is 0 Å². The fraction of sp³-hybridized carbons (Fsp3) is 0.263. The van der Waals surface area contributed by atoms with Gasteiger partial charge < -0.3 is 15.2 Å². The number of imidazole rings is 1. The summed E-state index contributed by atoms with van der Waals surface area (Å²) >= 11 is 1.45. The molecule has 30 heavy (non-hydrogen) atoms. The molecule has 2 N–H and O–H groups in total. The molecule has 0 atom stereocenters. The van der Waals surface area contributed by atoms with Crippen LogP contribution in [0.3, 0.4) is 0 Å². The highest BCUT2D eigenvalue weighted by Gasteiger charge is 2.19. The molecule has 8 nitrogen and oxygen atoms in total. The van der Waals surface area contributed by atoms with Crippen molar-refractivity contribution in [1.82, 2.24) is 24.6 Å². The van der Waals surface area contributed by atoms with Gasteiger partial charge in [0.15, 0.2) is 10.9 Å². The van der Waals surface area contributed by atoms with Crippen LogP contribution in [0.4, 0.5) is 14.5 Å². The third-order valence-electron chi connectivity index (χ3n) is 4.40. The Kier molecular flexibility index (Phi) is 6.50. The van der Waals surface area contributed by atoms with E-state index in [2.05, 4.69) is 20.7 Å². The van der Waals surface area contributed by atoms with Crippen molar-refractivity contribution in [3.8, 4) is 0 Å². The topological polar surface area (TPSA) is 93.8 Å². The minimum absolute atomic E-state index is 0.0763. The lowest BCUT2D eigenvalue weighted by molar-refractivity contribution is 0.0944. The number of aromatic nitrogens is 4. The number of amides is 2. The Morgan fingerprint density at radius 2 is 1.97 bits per heavy atom. The Balaban J connectivity index is 1.75. The first kappa shape index (κ1) is 21.5. The zero-order valence-electron chi connectivity index (χ0n) is 16.6. The summed E-state index contributed by atoms with van der Waals surface area (Å²) in [5.74, 6) is -3.44. The normalized spacial score (nSPS) is 10.8. The molecular weight excluding hydrogens is 414 g/mol. The van der Waals surface area contributed by atoms with Gasteiger partial charge in [-0.25, -0.2) is 13.8 Å². The molecule has 2 amide bonds. The van der Waals surface area contributed by atoms with E-state index in [4.69, 9.17) is 0 Å². The largest absolute Gasteiger partial charge is 0.346 e. The minimum Gasteiger partial charge on any atom is -0.346 e. The molecule has 0 fully saturated rings. The van der Waals surface area contributed by atoms with E-state index < -0.39 is 29.0 Å². The third-order valence-corrected chi connectivity index (χ3v) is 5.15. The van der Waals surface area contributed by atoms with Crippen LogP contribution in [0.1, 0.15) is 33.5 Å². The maximum absolute atomic E-state index is 14.2. The number of hydrogen-bond acceptors (Lipinski definition) is 5. The molecule has 0 aliphatic heterocycles. The van der Waals surface area contributed by atoms with Crippen LogP contribution in [0.5, 0.6) is 0 Å². The highest BCUT2D eigenvalue weighted by molar-refractivity contribution is 7.98. The lowest BCUT2D eigenvalue weighted by Gasteiger charge is -2.10. The van der Waals surface area contributed by atoms with Gasteiger partial charge in [-0.2, -0.15) is 5.10 Å². The van der Waals surface area contributed by atoms with Crippen LogP contribution >= 0.6 is 11.8 Å².